The van der Waals surface area contributed by atoms with Crippen LogP contribution in [-0.4, -0.2) is 41.5 Å². The van der Waals surface area contributed by atoms with E-state index in [9.17, 15) is 19.1 Å². The van der Waals surface area contributed by atoms with Crippen molar-refractivity contribution in [2.24, 2.45) is 5.92 Å². The van der Waals surface area contributed by atoms with Gasteiger partial charge in [0.05, 0.1) is 24.8 Å². The van der Waals surface area contributed by atoms with Crippen molar-refractivity contribution in [2.45, 2.75) is 39.7 Å². The normalized spacial score (nSPS) is 16.6. The van der Waals surface area contributed by atoms with Gasteiger partial charge in [0.25, 0.3) is 11.7 Å². The number of amides is 1. The lowest BCUT2D eigenvalue weighted by Crippen LogP contribution is -2.31. The molecule has 1 unspecified atom stereocenters. The molecule has 1 atom stereocenters. The molecule has 4 rings (SSSR count). The molecule has 1 amide bonds. The predicted octanol–water partition coefficient (Wildman–Crippen LogP) is 6.31. The first-order valence-electron chi connectivity index (χ1n) is 13.3. The number of hydrogen-bond acceptors (Lipinski definition) is 5. The van der Waals surface area contributed by atoms with Crippen LogP contribution < -0.4 is 9.47 Å². The Morgan fingerprint density at radius 3 is 2.36 bits per heavy atom. The lowest BCUT2D eigenvalue weighted by atomic mass is 9.94. The van der Waals surface area contributed by atoms with Gasteiger partial charge in [-0.15, -0.1) is 0 Å². The van der Waals surface area contributed by atoms with Gasteiger partial charge in [-0.05, 0) is 73.2 Å². The van der Waals surface area contributed by atoms with Gasteiger partial charge in [-0.25, -0.2) is 4.39 Å². The van der Waals surface area contributed by atoms with Gasteiger partial charge in [-0.2, -0.15) is 0 Å². The zero-order valence-corrected chi connectivity index (χ0v) is 22.5. The summed E-state index contributed by atoms with van der Waals surface area (Å²) in [4.78, 5) is 28.1. The summed E-state index contributed by atoms with van der Waals surface area (Å²) >= 11 is 0. The molecule has 1 N–H and O–H groups in total. The second kappa shape index (κ2) is 12.6. The maximum absolute atomic E-state index is 13.6. The van der Waals surface area contributed by atoms with E-state index in [1.54, 1.807) is 18.2 Å². The zero-order chi connectivity index (χ0) is 27.9. The summed E-state index contributed by atoms with van der Waals surface area (Å²) in [6.45, 7) is 7.29. The summed E-state index contributed by atoms with van der Waals surface area (Å²) in [5.74, 6) is -0.762. The van der Waals surface area contributed by atoms with Crippen molar-refractivity contribution in [3.05, 3.63) is 101 Å². The van der Waals surface area contributed by atoms with Crippen molar-refractivity contribution in [1.29, 1.82) is 0 Å². The molecule has 0 aromatic heterocycles. The van der Waals surface area contributed by atoms with Crippen LogP contribution in [0.1, 0.15) is 49.9 Å². The van der Waals surface area contributed by atoms with Crippen LogP contribution in [0.2, 0.25) is 0 Å². The van der Waals surface area contributed by atoms with Crippen LogP contribution in [0.5, 0.6) is 11.5 Å². The molecule has 0 radical (unpaired) electrons. The highest BCUT2D eigenvalue weighted by Gasteiger charge is 2.46. The molecule has 0 saturated carbocycles. The Labute approximate surface area is 228 Å². The molecule has 1 fully saturated rings. The highest BCUT2D eigenvalue weighted by molar-refractivity contribution is 6.46. The summed E-state index contributed by atoms with van der Waals surface area (Å²) < 4.78 is 25.4. The summed E-state index contributed by atoms with van der Waals surface area (Å²) in [7, 11) is 0. The third-order valence-electron chi connectivity index (χ3n) is 6.68. The van der Waals surface area contributed by atoms with Crippen molar-refractivity contribution in [3.8, 4) is 11.5 Å². The Kier molecular flexibility index (Phi) is 9.02. The second-order valence-electron chi connectivity index (χ2n) is 9.91. The van der Waals surface area contributed by atoms with E-state index in [-0.39, 0.29) is 23.4 Å². The second-order valence-corrected chi connectivity index (χ2v) is 9.91. The van der Waals surface area contributed by atoms with Crippen molar-refractivity contribution in [3.63, 3.8) is 0 Å². The largest absolute Gasteiger partial charge is 0.507 e. The van der Waals surface area contributed by atoms with Crippen LogP contribution in [0.25, 0.3) is 5.76 Å². The average molecular weight is 532 g/mol. The number of hydrogen-bond donors (Lipinski definition) is 1. The Morgan fingerprint density at radius 1 is 0.974 bits per heavy atom. The Balaban J connectivity index is 1.77. The molecule has 3 aromatic rings. The first-order chi connectivity index (χ1) is 18.8. The molecule has 7 heteroatoms. The number of likely N-dealkylation sites (tertiary alicyclic amines) is 1. The Morgan fingerprint density at radius 2 is 1.69 bits per heavy atom. The number of halogens is 1. The van der Waals surface area contributed by atoms with Gasteiger partial charge < -0.3 is 19.5 Å². The molecule has 1 aliphatic heterocycles. The molecule has 1 heterocycles. The first-order valence-corrected chi connectivity index (χ1v) is 13.3. The number of rotatable bonds is 11. The van der Waals surface area contributed by atoms with E-state index in [2.05, 4.69) is 13.8 Å². The molecular weight excluding hydrogens is 497 g/mol. The topological polar surface area (TPSA) is 76.1 Å². The van der Waals surface area contributed by atoms with Crippen LogP contribution in [0, 0.1) is 11.7 Å². The lowest BCUT2D eigenvalue weighted by Gasteiger charge is -2.26. The quantitative estimate of drug-likeness (QED) is 0.178. The molecule has 1 aliphatic rings. The third kappa shape index (κ3) is 6.48. The molecule has 0 aliphatic carbocycles. The Bertz CT molecular complexity index is 1330. The van der Waals surface area contributed by atoms with Gasteiger partial charge in [0.2, 0.25) is 0 Å². The monoisotopic (exact) mass is 531 g/mol. The molecule has 204 valence electrons. The van der Waals surface area contributed by atoms with Gasteiger partial charge in [0, 0.05) is 12.1 Å². The van der Waals surface area contributed by atoms with Crippen LogP contribution in [0.4, 0.5) is 4.39 Å². The minimum absolute atomic E-state index is 0.0457. The number of carbonyl (C=O) groups excluding carboxylic acids is 2. The minimum Gasteiger partial charge on any atom is -0.507 e. The molecule has 1 saturated heterocycles. The predicted molar refractivity (Wildman–Crippen MR) is 148 cm³/mol. The lowest BCUT2D eigenvalue weighted by molar-refractivity contribution is -0.139. The van der Waals surface area contributed by atoms with Crippen molar-refractivity contribution < 1.29 is 28.6 Å². The van der Waals surface area contributed by atoms with Gasteiger partial charge >= 0.3 is 0 Å². The van der Waals surface area contributed by atoms with E-state index >= 15 is 0 Å². The minimum atomic E-state index is -0.859. The third-order valence-corrected chi connectivity index (χ3v) is 6.68. The number of nitrogens with zero attached hydrogens (tertiary/aromatic N) is 1. The number of aliphatic hydroxyl groups excluding tert-OH is 1. The van der Waals surface area contributed by atoms with Crippen LogP contribution in [0.3, 0.4) is 0 Å². The van der Waals surface area contributed by atoms with E-state index in [1.165, 1.54) is 29.2 Å². The maximum Gasteiger partial charge on any atom is 0.295 e. The van der Waals surface area contributed by atoms with Gasteiger partial charge in [0.15, 0.2) is 11.5 Å². The zero-order valence-electron chi connectivity index (χ0n) is 22.5. The number of aliphatic hydroxyl groups is 1. The first kappa shape index (κ1) is 27.9. The van der Waals surface area contributed by atoms with E-state index in [1.807, 2.05) is 37.3 Å². The van der Waals surface area contributed by atoms with E-state index < -0.39 is 23.5 Å². The average Bonchev–Trinajstić information content (AvgIpc) is 3.18. The van der Waals surface area contributed by atoms with Crippen molar-refractivity contribution >= 4 is 17.4 Å². The Hall–Kier alpha value is -4.13. The smallest absolute Gasteiger partial charge is 0.295 e. The highest BCUT2D eigenvalue weighted by atomic mass is 19.1. The van der Waals surface area contributed by atoms with Gasteiger partial charge in [-0.1, -0.05) is 50.2 Å². The summed E-state index contributed by atoms with van der Waals surface area (Å²) in [5.41, 5.74) is 1.82. The summed E-state index contributed by atoms with van der Waals surface area (Å²) in [5, 5.41) is 11.2. The standard InChI is InChI=1S/C32H34FNO5/c1-4-38-27-20-24(12-15-26(27)39-19-17-21(2)3)29-28(30(35)23-10-13-25(33)14-11-23)31(36)32(37)34(29)18-16-22-8-6-5-7-9-22/h5-15,20-21,29,35H,4,16-19H2,1-3H3. The van der Waals surface area contributed by atoms with Crippen LogP contribution in [-0.2, 0) is 16.0 Å². The van der Waals surface area contributed by atoms with Gasteiger partial charge in [0.1, 0.15) is 11.6 Å². The molecule has 0 spiro atoms. The number of Topliss-reactive ketones (excluding diaryl/α,β-unsaturated/α-hetero) is 1. The van der Waals surface area contributed by atoms with E-state index in [0.29, 0.717) is 42.6 Å². The summed E-state index contributed by atoms with van der Waals surface area (Å²) in [6, 6.07) is 19.3. The van der Waals surface area contributed by atoms with Crippen molar-refractivity contribution in [2.75, 3.05) is 19.8 Å². The summed E-state index contributed by atoms with van der Waals surface area (Å²) in [6.07, 6.45) is 1.40. The van der Waals surface area contributed by atoms with Gasteiger partial charge in [-0.3, -0.25) is 9.59 Å². The fourth-order valence-corrected chi connectivity index (χ4v) is 4.60. The molecule has 0 bridgehead atoms. The number of ether oxygens (including phenoxy) is 2. The number of benzene rings is 3. The fourth-order valence-electron chi connectivity index (χ4n) is 4.60. The SMILES string of the molecule is CCOc1cc(C2C(=C(O)c3ccc(F)cc3)C(=O)C(=O)N2CCc2ccccc2)ccc1OCCC(C)C. The molecule has 6 nitrogen and oxygen atoms in total. The maximum atomic E-state index is 13.6. The molecular formula is C32H34FNO5. The van der Waals surface area contributed by atoms with Crippen molar-refractivity contribution in [1.82, 2.24) is 4.90 Å². The van der Waals surface area contributed by atoms with Crippen LogP contribution >= 0.6 is 0 Å². The van der Waals surface area contributed by atoms with E-state index in [0.717, 1.165) is 12.0 Å². The fraction of sp³-hybridized carbons (Fsp3) is 0.312. The molecule has 3 aromatic carbocycles. The van der Waals surface area contributed by atoms with E-state index in [4.69, 9.17) is 9.47 Å². The van der Waals surface area contributed by atoms with Crippen LogP contribution in [0.15, 0.2) is 78.4 Å². The number of carbonyl (C=O) groups is 2. The molecule has 39 heavy (non-hydrogen) atoms. The number of ketones is 1. The highest BCUT2D eigenvalue weighted by Crippen LogP contribution is 2.42.